The summed E-state index contributed by atoms with van der Waals surface area (Å²) >= 11 is 0. The average molecular weight is 363 g/mol. The maximum atomic E-state index is 5.91. The number of rotatable bonds is 6. The molecule has 6 nitrogen and oxygen atoms in total. The van der Waals surface area contributed by atoms with Gasteiger partial charge in [-0.25, -0.2) is 15.0 Å². The summed E-state index contributed by atoms with van der Waals surface area (Å²) in [5.41, 5.74) is 2.63. The molecule has 140 valence electrons. The van der Waals surface area contributed by atoms with E-state index in [1.54, 1.807) is 0 Å². The number of hydrogen-bond donors (Lipinski definition) is 0. The number of aryl methyl sites for hydroxylation is 1. The van der Waals surface area contributed by atoms with Gasteiger partial charge in [-0.1, -0.05) is 18.2 Å². The first-order chi connectivity index (χ1) is 13.3. The fourth-order valence-electron chi connectivity index (χ4n) is 3.41. The first-order valence-corrected chi connectivity index (χ1v) is 9.54. The van der Waals surface area contributed by atoms with Gasteiger partial charge >= 0.3 is 0 Å². The molecule has 3 aromatic rings. The molecule has 0 aliphatic carbocycles. The summed E-state index contributed by atoms with van der Waals surface area (Å²) in [7, 11) is 0. The SMILES string of the molecule is Cc1nc2ccccc2nc1OCCCN1CCN(c2ccccn2)CC1. The van der Waals surface area contributed by atoms with Gasteiger partial charge in [0.05, 0.1) is 17.6 Å². The van der Waals surface area contributed by atoms with Crippen LogP contribution in [0.3, 0.4) is 0 Å². The molecule has 0 unspecified atom stereocenters. The van der Waals surface area contributed by atoms with Gasteiger partial charge in [0.15, 0.2) is 0 Å². The lowest BCUT2D eigenvalue weighted by molar-refractivity contribution is 0.221. The van der Waals surface area contributed by atoms with E-state index in [9.17, 15) is 0 Å². The monoisotopic (exact) mass is 363 g/mol. The maximum Gasteiger partial charge on any atom is 0.235 e. The summed E-state index contributed by atoms with van der Waals surface area (Å²) < 4.78 is 5.91. The Kier molecular flexibility index (Phi) is 5.44. The molecule has 3 heterocycles. The minimum Gasteiger partial charge on any atom is -0.476 e. The number of para-hydroxylation sites is 2. The highest BCUT2D eigenvalue weighted by molar-refractivity contribution is 5.74. The van der Waals surface area contributed by atoms with Crippen molar-refractivity contribution in [1.29, 1.82) is 0 Å². The van der Waals surface area contributed by atoms with Crippen molar-refractivity contribution in [3.8, 4) is 5.88 Å². The van der Waals surface area contributed by atoms with Crippen LogP contribution in [-0.4, -0.2) is 59.2 Å². The summed E-state index contributed by atoms with van der Waals surface area (Å²) in [6, 6.07) is 14.0. The highest BCUT2D eigenvalue weighted by Gasteiger charge is 2.17. The van der Waals surface area contributed by atoms with E-state index in [1.807, 2.05) is 49.5 Å². The summed E-state index contributed by atoms with van der Waals surface area (Å²) in [5.74, 6) is 1.72. The number of piperazine rings is 1. The predicted octanol–water partition coefficient (Wildman–Crippen LogP) is 2.92. The van der Waals surface area contributed by atoms with Crippen LogP contribution in [0.2, 0.25) is 0 Å². The minimum absolute atomic E-state index is 0.647. The van der Waals surface area contributed by atoms with Gasteiger partial charge in [0.1, 0.15) is 11.5 Å². The molecule has 6 heteroatoms. The van der Waals surface area contributed by atoms with Crippen molar-refractivity contribution in [2.75, 3.05) is 44.2 Å². The quantitative estimate of drug-likeness (QED) is 0.628. The Morgan fingerprint density at radius 1 is 0.926 bits per heavy atom. The molecule has 0 radical (unpaired) electrons. The summed E-state index contributed by atoms with van der Waals surface area (Å²) in [5, 5.41) is 0. The van der Waals surface area contributed by atoms with Crippen molar-refractivity contribution in [2.24, 2.45) is 0 Å². The van der Waals surface area contributed by atoms with Crippen LogP contribution in [0.25, 0.3) is 11.0 Å². The zero-order chi connectivity index (χ0) is 18.5. The number of ether oxygens (including phenoxy) is 1. The van der Waals surface area contributed by atoms with E-state index >= 15 is 0 Å². The summed E-state index contributed by atoms with van der Waals surface area (Å²) in [6.07, 6.45) is 2.84. The Labute approximate surface area is 159 Å². The maximum absolute atomic E-state index is 5.91. The molecule has 4 rings (SSSR count). The Bertz CT molecular complexity index is 878. The molecule has 0 bridgehead atoms. The lowest BCUT2D eigenvalue weighted by Gasteiger charge is -2.35. The fourth-order valence-corrected chi connectivity index (χ4v) is 3.41. The van der Waals surface area contributed by atoms with E-state index in [1.165, 1.54) is 0 Å². The van der Waals surface area contributed by atoms with Crippen molar-refractivity contribution < 1.29 is 4.74 Å². The van der Waals surface area contributed by atoms with Crippen molar-refractivity contribution in [2.45, 2.75) is 13.3 Å². The van der Waals surface area contributed by atoms with Gasteiger partial charge < -0.3 is 9.64 Å². The van der Waals surface area contributed by atoms with E-state index in [0.29, 0.717) is 12.5 Å². The number of fused-ring (bicyclic) bond motifs is 1. The third-order valence-electron chi connectivity index (χ3n) is 4.90. The molecule has 0 N–H and O–H groups in total. The molecule has 1 saturated heterocycles. The van der Waals surface area contributed by atoms with Gasteiger partial charge in [0.25, 0.3) is 0 Å². The molecule has 0 amide bonds. The van der Waals surface area contributed by atoms with Crippen LogP contribution in [0.5, 0.6) is 5.88 Å². The normalized spacial score (nSPS) is 15.2. The zero-order valence-corrected chi connectivity index (χ0v) is 15.7. The highest BCUT2D eigenvalue weighted by atomic mass is 16.5. The van der Waals surface area contributed by atoms with Crippen LogP contribution in [0.15, 0.2) is 48.7 Å². The van der Waals surface area contributed by atoms with Gasteiger partial charge in [0, 0.05) is 38.9 Å². The highest BCUT2D eigenvalue weighted by Crippen LogP contribution is 2.18. The van der Waals surface area contributed by atoms with Gasteiger partial charge in [-0.3, -0.25) is 4.90 Å². The summed E-state index contributed by atoms with van der Waals surface area (Å²) in [4.78, 5) is 18.4. The minimum atomic E-state index is 0.647. The predicted molar refractivity (Wildman–Crippen MR) is 107 cm³/mol. The van der Waals surface area contributed by atoms with E-state index in [0.717, 1.165) is 61.7 Å². The van der Waals surface area contributed by atoms with Crippen molar-refractivity contribution >= 4 is 16.9 Å². The molecule has 1 aliphatic heterocycles. The number of hydrogen-bond acceptors (Lipinski definition) is 6. The largest absolute Gasteiger partial charge is 0.476 e. The van der Waals surface area contributed by atoms with Crippen molar-refractivity contribution in [3.63, 3.8) is 0 Å². The Balaban J connectivity index is 1.23. The lowest BCUT2D eigenvalue weighted by Crippen LogP contribution is -2.47. The molecule has 0 spiro atoms. The molecule has 1 fully saturated rings. The van der Waals surface area contributed by atoms with Gasteiger partial charge in [-0.15, -0.1) is 0 Å². The van der Waals surface area contributed by atoms with E-state index in [2.05, 4.69) is 30.8 Å². The second kappa shape index (κ2) is 8.31. The Morgan fingerprint density at radius 2 is 1.67 bits per heavy atom. The van der Waals surface area contributed by atoms with Crippen LogP contribution in [0, 0.1) is 6.92 Å². The van der Waals surface area contributed by atoms with Gasteiger partial charge in [-0.05, 0) is 37.6 Å². The van der Waals surface area contributed by atoms with Gasteiger partial charge in [-0.2, -0.15) is 0 Å². The molecule has 1 aromatic carbocycles. The van der Waals surface area contributed by atoms with E-state index in [4.69, 9.17) is 4.74 Å². The average Bonchev–Trinajstić information content (AvgIpc) is 2.72. The topological polar surface area (TPSA) is 54.4 Å². The van der Waals surface area contributed by atoms with Crippen LogP contribution < -0.4 is 9.64 Å². The van der Waals surface area contributed by atoms with Crippen LogP contribution in [0.4, 0.5) is 5.82 Å². The zero-order valence-electron chi connectivity index (χ0n) is 15.7. The second-order valence-electron chi connectivity index (χ2n) is 6.82. The van der Waals surface area contributed by atoms with Crippen molar-refractivity contribution in [3.05, 3.63) is 54.4 Å². The molecule has 0 atom stereocenters. The first kappa shape index (κ1) is 17.7. The third kappa shape index (κ3) is 4.34. The standard InChI is InChI=1S/C21H25N5O/c1-17-21(24-19-8-3-2-7-18(19)23-17)27-16-6-11-25-12-14-26(15-13-25)20-9-4-5-10-22-20/h2-5,7-10H,6,11-16H2,1H3. The fraction of sp³-hybridized carbons (Fsp3) is 0.381. The number of pyridine rings is 1. The van der Waals surface area contributed by atoms with Crippen molar-refractivity contribution in [1.82, 2.24) is 19.9 Å². The summed E-state index contributed by atoms with van der Waals surface area (Å²) in [6.45, 7) is 7.81. The Morgan fingerprint density at radius 3 is 2.41 bits per heavy atom. The third-order valence-corrected chi connectivity index (χ3v) is 4.90. The molecule has 27 heavy (non-hydrogen) atoms. The van der Waals surface area contributed by atoms with E-state index in [-0.39, 0.29) is 0 Å². The molecular formula is C21H25N5O. The molecule has 0 saturated carbocycles. The number of benzene rings is 1. The Hall–Kier alpha value is -2.73. The number of anilines is 1. The molecular weight excluding hydrogens is 338 g/mol. The first-order valence-electron chi connectivity index (χ1n) is 9.54. The number of aromatic nitrogens is 3. The van der Waals surface area contributed by atoms with Gasteiger partial charge in [0.2, 0.25) is 5.88 Å². The lowest BCUT2D eigenvalue weighted by atomic mass is 10.3. The van der Waals surface area contributed by atoms with Crippen LogP contribution in [0.1, 0.15) is 12.1 Å². The van der Waals surface area contributed by atoms with Crippen LogP contribution >= 0.6 is 0 Å². The number of nitrogens with zero attached hydrogens (tertiary/aromatic N) is 5. The van der Waals surface area contributed by atoms with Crippen LogP contribution in [-0.2, 0) is 0 Å². The molecule has 1 aliphatic rings. The smallest absolute Gasteiger partial charge is 0.235 e. The second-order valence-corrected chi connectivity index (χ2v) is 6.82. The molecule has 2 aromatic heterocycles. The van der Waals surface area contributed by atoms with E-state index < -0.39 is 0 Å².